The third kappa shape index (κ3) is 4.08. The van der Waals surface area contributed by atoms with Gasteiger partial charge in [0, 0.05) is 24.2 Å². The van der Waals surface area contributed by atoms with Crippen LogP contribution in [0.15, 0.2) is 42.0 Å². The first-order valence-electron chi connectivity index (χ1n) is 9.49. The van der Waals surface area contributed by atoms with Gasteiger partial charge in [-0.2, -0.15) is 13.2 Å². The molecule has 0 aromatic heterocycles. The Hall–Kier alpha value is -1.75. The summed E-state index contributed by atoms with van der Waals surface area (Å²) in [5.74, 6) is 0.399. The summed E-state index contributed by atoms with van der Waals surface area (Å²) >= 11 is 0. The van der Waals surface area contributed by atoms with Crippen molar-refractivity contribution in [2.45, 2.75) is 39.4 Å². The van der Waals surface area contributed by atoms with Crippen LogP contribution in [0.5, 0.6) is 0 Å². The molecule has 0 spiro atoms. The summed E-state index contributed by atoms with van der Waals surface area (Å²) in [4.78, 5) is 4.49. The van der Waals surface area contributed by atoms with Crippen LogP contribution in [0, 0.1) is 11.3 Å². The Bertz CT molecular complexity index is 759. The highest BCUT2D eigenvalue weighted by Crippen LogP contribution is 2.45. The third-order valence-corrected chi connectivity index (χ3v) is 5.50. The van der Waals surface area contributed by atoms with Gasteiger partial charge < -0.3 is 9.80 Å². The number of rotatable bonds is 4. The molecule has 2 nitrogen and oxygen atoms in total. The van der Waals surface area contributed by atoms with Gasteiger partial charge in [-0.3, -0.25) is 0 Å². The molecule has 1 aromatic rings. The van der Waals surface area contributed by atoms with Crippen molar-refractivity contribution < 1.29 is 13.2 Å². The fourth-order valence-corrected chi connectivity index (χ4v) is 4.60. The van der Waals surface area contributed by atoms with Crippen molar-refractivity contribution >= 4 is 5.69 Å². The SMILES string of the molecule is CC(CN(C)C)CN1c2ccc(C(F)(F)F)cc2CC2=CC=CC(C)(C)C21. The highest BCUT2D eigenvalue weighted by molar-refractivity contribution is 5.64. The lowest BCUT2D eigenvalue weighted by Gasteiger charge is -2.49. The molecular weight excluding hydrogens is 349 g/mol. The highest BCUT2D eigenvalue weighted by atomic mass is 19.4. The van der Waals surface area contributed by atoms with Gasteiger partial charge in [-0.15, -0.1) is 0 Å². The maximum absolute atomic E-state index is 13.2. The molecule has 3 rings (SSSR count). The summed E-state index contributed by atoms with van der Waals surface area (Å²) in [5.41, 5.74) is 2.29. The fraction of sp³-hybridized carbons (Fsp3) is 0.545. The number of fused-ring (bicyclic) bond motifs is 2. The summed E-state index contributed by atoms with van der Waals surface area (Å²) in [7, 11) is 4.10. The van der Waals surface area contributed by atoms with Crippen LogP contribution in [0.4, 0.5) is 18.9 Å². The van der Waals surface area contributed by atoms with Crippen LogP contribution in [0.2, 0.25) is 0 Å². The summed E-state index contributed by atoms with van der Waals surface area (Å²) in [6.07, 6.45) is 2.61. The Balaban J connectivity index is 2.04. The summed E-state index contributed by atoms with van der Waals surface area (Å²) in [6, 6.07) is 4.41. The van der Waals surface area contributed by atoms with Crippen LogP contribution in [0.1, 0.15) is 31.9 Å². The van der Waals surface area contributed by atoms with E-state index in [9.17, 15) is 13.2 Å². The van der Waals surface area contributed by atoms with E-state index in [0.717, 1.165) is 24.3 Å². The Kier molecular flexibility index (Phi) is 5.19. The first-order valence-corrected chi connectivity index (χ1v) is 9.49. The topological polar surface area (TPSA) is 6.48 Å². The molecule has 1 aliphatic heterocycles. The molecule has 148 valence electrons. The molecule has 0 amide bonds. The predicted molar refractivity (Wildman–Crippen MR) is 105 cm³/mol. The summed E-state index contributed by atoms with van der Waals surface area (Å²) < 4.78 is 39.7. The van der Waals surface area contributed by atoms with E-state index in [1.807, 2.05) is 6.08 Å². The molecular formula is C22H29F3N2. The van der Waals surface area contributed by atoms with E-state index in [1.165, 1.54) is 17.7 Å². The Morgan fingerprint density at radius 2 is 1.96 bits per heavy atom. The van der Waals surface area contributed by atoms with Gasteiger partial charge in [0.1, 0.15) is 0 Å². The largest absolute Gasteiger partial charge is 0.416 e. The second kappa shape index (κ2) is 7.01. The third-order valence-electron chi connectivity index (χ3n) is 5.50. The van der Waals surface area contributed by atoms with E-state index in [4.69, 9.17) is 0 Å². The van der Waals surface area contributed by atoms with E-state index in [0.29, 0.717) is 12.3 Å². The van der Waals surface area contributed by atoms with Gasteiger partial charge in [0.05, 0.1) is 11.6 Å². The van der Waals surface area contributed by atoms with Gasteiger partial charge in [-0.1, -0.05) is 39.0 Å². The molecule has 1 heterocycles. The summed E-state index contributed by atoms with van der Waals surface area (Å²) in [6.45, 7) is 8.37. The molecule has 5 heteroatoms. The minimum Gasteiger partial charge on any atom is -0.363 e. The predicted octanol–water partition coefficient (Wildman–Crippen LogP) is 5.16. The minimum atomic E-state index is -4.31. The molecule has 0 N–H and O–H groups in total. The molecule has 2 atom stereocenters. The molecule has 0 bridgehead atoms. The summed E-state index contributed by atoms with van der Waals surface area (Å²) in [5, 5.41) is 0. The molecule has 2 aliphatic rings. The van der Waals surface area contributed by atoms with E-state index in [2.05, 4.69) is 56.8 Å². The van der Waals surface area contributed by atoms with Crippen molar-refractivity contribution in [1.29, 1.82) is 0 Å². The van der Waals surface area contributed by atoms with Crippen LogP contribution in [-0.4, -0.2) is 38.1 Å². The van der Waals surface area contributed by atoms with E-state index >= 15 is 0 Å². The number of hydrogen-bond acceptors (Lipinski definition) is 2. The number of nitrogens with zero attached hydrogens (tertiary/aromatic N) is 2. The number of anilines is 1. The Morgan fingerprint density at radius 1 is 1.26 bits per heavy atom. The molecule has 0 saturated carbocycles. The zero-order valence-corrected chi connectivity index (χ0v) is 16.8. The lowest BCUT2D eigenvalue weighted by atomic mass is 9.72. The second-order valence-electron chi connectivity index (χ2n) is 8.86. The van der Waals surface area contributed by atoms with Gasteiger partial charge in [-0.05, 0) is 55.8 Å². The minimum absolute atomic E-state index is 0.0672. The molecule has 1 aromatic carbocycles. The Morgan fingerprint density at radius 3 is 2.59 bits per heavy atom. The second-order valence-corrected chi connectivity index (χ2v) is 8.86. The molecule has 1 aliphatic carbocycles. The average Bonchev–Trinajstić information content (AvgIpc) is 2.51. The maximum Gasteiger partial charge on any atom is 0.416 e. The van der Waals surface area contributed by atoms with Gasteiger partial charge in [0.15, 0.2) is 0 Å². The molecule has 0 radical (unpaired) electrons. The van der Waals surface area contributed by atoms with E-state index < -0.39 is 11.7 Å². The van der Waals surface area contributed by atoms with Crippen LogP contribution >= 0.6 is 0 Å². The number of halogens is 3. The molecule has 0 saturated heterocycles. The van der Waals surface area contributed by atoms with Crippen LogP contribution in [0.25, 0.3) is 0 Å². The number of alkyl halides is 3. The standard InChI is InChI=1S/C22H29F3N2/c1-15(13-26(4)5)14-27-19-9-8-18(22(23,24)25)12-17(19)11-16-7-6-10-21(2,3)20(16)27/h6-10,12,15,20H,11,13-14H2,1-5H3. The lowest BCUT2D eigenvalue weighted by molar-refractivity contribution is -0.137. The zero-order chi connectivity index (χ0) is 20.0. The van der Waals surface area contributed by atoms with Gasteiger partial charge in [0.2, 0.25) is 0 Å². The maximum atomic E-state index is 13.2. The smallest absolute Gasteiger partial charge is 0.363 e. The van der Waals surface area contributed by atoms with Gasteiger partial charge in [-0.25, -0.2) is 0 Å². The molecule has 27 heavy (non-hydrogen) atoms. The van der Waals surface area contributed by atoms with Crippen molar-refractivity contribution in [3.8, 4) is 0 Å². The van der Waals surface area contributed by atoms with Crippen LogP contribution in [-0.2, 0) is 12.6 Å². The number of benzene rings is 1. The van der Waals surface area contributed by atoms with Crippen molar-refractivity contribution in [3.05, 3.63) is 53.1 Å². The quantitative estimate of drug-likeness (QED) is 0.714. The first kappa shape index (κ1) is 20.0. The monoisotopic (exact) mass is 378 g/mol. The van der Waals surface area contributed by atoms with E-state index in [1.54, 1.807) is 6.07 Å². The van der Waals surface area contributed by atoms with Crippen LogP contribution in [0.3, 0.4) is 0 Å². The van der Waals surface area contributed by atoms with Gasteiger partial charge in [0.25, 0.3) is 0 Å². The Labute approximate surface area is 160 Å². The van der Waals surface area contributed by atoms with Crippen molar-refractivity contribution in [2.75, 3.05) is 32.1 Å². The van der Waals surface area contributed by atoms with Crippen molar-refractivity contribution in [3.63, 3.8) is 0 Å². The highest BCUT2D eigenvalue weighted by Gasteiger charge is 2.41. The molecule has 0 fully saturated rings. The van der Waals surface area contributed by atoms with E-state index in [-0.39, 0.29) is 11.5 Å². The first-order chi connectivity index (χ1) is 12.5. The average molecular weight is 378 g/mol. The number of allylic oxidation sites excluding steroid dienone is 2. The molecule has 2 unspecified atom stereocenters. The fourth-order valence-electron chi connectivity index (χ4n) is 4.60. The number of hydrogen-bond donors (Lipinski definition) is 0. The normalized spacial score (nSPS) is 22.3. The van der Waals surface area contributed by atoms with Crippen molar-refractivity contribution in [1.82, 2.24) is 4.90 Å². The van der Waals surface area contributed by atoms with Crippen LogP contribution < -0.4 is 4.90 Å². The zero-order valence-electron chi connectivity index (χ0n) is 16.8. The van der Waals surface area contributed by atoms with Crippen molar-refractivity contribution in [2.24, 2.45) is 11.3 Å². The van der Waals surface area contributed by atoms with Gasteiger partial charge >= 0.3 is 6.18 Å². The lowest BCUT2D eigenvalue weighted by Crippen LogP contribution is -2.52.